The lowest BCUT2D eigenvalue weighted by molar-refractivity contribution is -0.153. The van der Waals surface area contributed by atoms with Gasteiger partial charge in [-0.3, -0.25) is 0 Å². The monoisotopic (exact) mass is 401 g/mol. The Labute approximate surface area is 167 Å². The second-order valence-electron chi connectivity index (χ2n) is 7.66. The quantitative estimate of drug-likeness (QED) is 0.768. The Bertz CT molecular complexity index is 862. The van der Waals surface area contributed by atoms with Crippen LogP contribution < -0.4 is 0 Å². The molecule has 0 aliphatic carbocycles. The van der Waals surface area contributed by atoms with E-state index in [1.165, 1.54) is 5.56 Å². The van der Waals surface area contributed by atoms with Crippen molar-refractivity contribution in [1.82, 2.24) is 4.31 Å². The first kappa shape index (κ1) is 19.6. The SMILES string of the molecule is O=S(=O)(c1ccccc1)N1CCC2(CC1)CC(OCc1ccccc1)CCO2. The van der Waals surface area contributed by atoms with Gasteiger partial charge in [0.25, 0.3) is 0 Å². The Morgan fingerprint density at radius 2 is 1.64 bits per heavy atom. The number of rotatable bonds is 5. The normalized spacial score (nSPS) is 22.9. The van der Waals surface area contributed by atoms with E-state index in [1.807, 2.05) is 24.3 Å². The average molecular weight is 402 g/mol. The molecule has 0 saturated carbocycles. The van der Waals surface area contributed by atoms with Crippen LogP contribution in [0.1, 0.15) is 31.2 Å². The summed E-state index contributed by atoms with van der Waals surface area (Å²) in [6.07, 6.45) is 3.31. The van der Waals surface area contributed by atoms with E-state index in [0.29, 0.717) is 44.0 Å². The minimum atomic E-state index is -3.43. The molecule has 2 aromatic rings. The van der Waals surface area contributed by atoms with E-state index in [2.05, 4.69) is 12.1 Å². The maximum atomic E-state index is 12.8. The minimum absolute atomic E-state index is 0.159. The molecule has 5 nitrogen and oxygen atoms in total. The number of piperidine rings is 1. The molecule has 2 heterocycles. The van der Waals surface area contributed by atoms with Crippen molar-refractivity contribution in [2.75, 3.05) is 19.7 Å². The maximum Gasteiger partial charge on any atom is 0.243 e. The maximum absolute atomic E-state index is 12.8. The molecule has 1 unspecified atom stereocenters. The Kier molecular flexibility index (Phi) is 5.83. The molecule has 2 fully saturated rings. The molecule has 4 rings (SSSR count). The Morgan fingerprint density at radius 1 is 1.00 bits per heavy atom. The zero-order valence-corrected chi connectivity index (χ0v) is 16.8. The number of nitrogens with zero attached hydrogens (tertiary/aromatic N) is 1. The number of ether oxygens (including phenoxy) is 2. The van der Waals surface area contributed by atoms with Gasteiger partial charge in [-0.1, -0.05) is 48.5 Å². The second kappa shape index (κ2) is 8.33. The number of hydrogen-bond donors (Lipinski definition) is 0. The van der Waals surface area contributed by atoms with Gasteiger partial charge in [-0.15, -0.1) is 0 Å². The third-order valence-corrected chi connectivity index (χ3v) is 7.70. The van der Waals surface area contributed by atoms with Crippen molar-refractivity contribution in [3.05, 3.63) is 66.2 Å². The van der Waals surface area contributed by atoms with Crippen LogP contribution in [0.4, 0.5) is 0 Å². The van der Waals surface area contributed by atoms with Gasteiger partial charge in [-0.25, -0.2) is 8.42 Å². The Morgan fingerprint density at radius 3 is 2.32 bits per heavy atom. The first-order chi connectivity index (χ1) is 13.6. The van der Waals surface area contributed by atoms with E-state index in [0.717, 1.165) is 12.8 Å². The molecule has 2 saturated heterocycles. The van der Waals surface area contributed by atoms with Crippen LogP contribution in [0.25, 0.3) is 0 Å². The molecule has 2 aromatic carbocycles. The highest BCUT2D eigenvalue weighted by Gasteiger charge is 2.43. The lowest BCUT2D eigenvalue weighted by Gasteiger charge is -2.45. The molecule has 1 spiro atoms. The Balaban J connectivity index is 1.35. The van der Waals surface area contributed by atoms with Crippen LogP contribution in [0.15, 0.2) is 65.6 Å². The topological polar surface area (TPSA) is 55.8 Å². The van der Waals surface area contributed by atoms with E-state index in [1.54, 1.807) is 28.6 Å². The van der Waals surface area contributed by atoms with Crippen molar-refractivity contribution in [3.63, 3.8) is 0 Å². The van der Waals surface area contributed by atoms with E-state index in [-0.39, 0.29) is 11.7 Å². The standard InChI is InChI=1S/C22H27NO4S/c24-28(25,21-9-5-2-6-10-21)23-14-12-22(13-15-23)17-20(11-16-27-22)26-18-19-7-3-1-4-8-19/h1-10,20H,11-18H2. The summed E-state index contributed by atoms with van der Waals surface area (Å²) < 4.78 is 39.6. The van der Waals surface area contributed by atoms with Gasteiger partial charge >= 0.3 is 0 Å². The minimum Gasteiger partial charge on any atom is -0.375 e. The van der Waals surface area contributed by atoms with E-state index >= 15 is 0 Å². The van der Waals surface area contributed by atoms with E-state index < -0.39 is 10.0 Å². The molecule has 0 bridgehead atoms. The predicted octanol–water partition coefficient (Wildman–Crippen LogP) is 3.61. The van der Waals surface area contributed by atoms with Crippen LogP contribution in [0.2, 0.25) is 0 Å². The smallest absolute Gasteiger partial charge is 0.243 e. The van der Waals surface area contributed by atoms with Crippen molar-refractivity contribution in [2.24, 2.45) is 0 Å². The van der Waals surface area contributed by atoms with Gasteiger partial charge in [0.15, 0.2) is 0 Å². The lowest BCUT2D eigenvalue weighted by Crippen LogP contribution is -2.51. The Hall–Kier alpha value is -1.73. The summed E-state index contributed by atoms with van der Waals surface area (Å²) in [6.45, 7) is 2.26. The van der Waals surface area contributed by atoms with Crippen LogP contribution in [-0.2, 0) is 26.1 Å². The summed E-state index contributed by atoms with van der Waals surface area (Å²) in [5.74, 6) is 0. The molecule has 0 radical (unpaired) electrons. The van der Waals surface area contributed by atoms with E-state index in [4.69, 9.17) is 9.47 Å². The molecule has 0 N–H and O–H groups in total. The fraction of sp³-hybridized carbons (Fsp3) is 0.455. The molecule has 2 aliphatic heterocycles. The second-order valence-corrected chi connectivity index (χ2v) is 9.60. The van der Waals surface area contributed by atoms with Crippen molar-refractivity contribution < 1.29 is 17.9 Å². The largest absolute Gasteiger partial charge is 0.375 e. The molecular formula is C22H27NO4S. The third-order valence-electron chi connectivity index (χ3n) is 5.79. The summed E-state index contributed by atoms with van der Waals surface area (Å²) in [7, 11) is -3.43. The van der Waals surface area contributed by atoms with E-state index in [9.17, 15) is 8.42 Å². The summed E-state index contributed by atoms with van der Waals surface area (Å²) in [6, 6.07) is 18.9. The van der Waals surface area contributed by atoms with Gasteiger partial charge in [0, 0.05) is 26.1 Å². The van der Waals surface area contributed by atoms with Crippen molar-refractivity contribution in [3.8, 4) is 0 Å². The fourth-order valence-corrected chi connectivity index (χ4v) is 5.60. The zero-order valence-electron chi connectivity index (χ0n) is 16.0. The van der Waals surface area contributed by atoms with Crippen molar-refractivity contribution >= 4 is 10.0 Å². The fourth-order valence-electron chi connectivity index (χ4n) is 4.14. The summed E-state index contributed by atoms with van der Waals surface area (Å²) in [5, 5.41) is 0. The molecule has 28 heavy (non-hydrogen) atoms. The van der Waals surface area contributed by atoms with Gasteiger partial charge in [0.1, 0.15) is 0 Å². The first-order valence-corrected chi connectivity index (χ1v) is 11.4. The number of benzene rings is 2. The molecule has 150 valence electrons. The summed E-state index contributed by atoms with van der Waals surface area (Å²) >= 11 is 0. The van der Waals surface area contributed by atoms with Gasteiger partial charge in [0.05, 0.1) is 23.2 Å². The highest BCUT2D eigenvalue weighted by molar-refractivity contribution is 7.89. The van der Waals surface area contributed by atoms with Crippen LogP contribution in [0.3, 0.4) is 0 Å². The van der Waals surface area contributed by atoms with Gasteiger partial charge in [0.2, 0.25) is 10.0 Å². The van der Waals surface area contributed by atoms with Gasteiger partial charge in [-0.05, 0) is 37.0 Å². The summed E-state index contributed by atoms with van der Waals surface area (Å²) in [5.41, 5.74) is 0.911. The first-order valence-electron chi connectivity index (χ1n) is 9.92. The third kappa shape index (κ3) is 4.30. The molecular weight excluding hydrogens is 374 g/mol. The molecule has 0 amide bonds. The van der Waals surface area contributed by atoms with Crippen molar-refractivity contribution in [1.29, 1.82) is 0 Å². The van der Waals surface area contributed by atoms with Gasteiger partial charge < -0.3 is 9.47 Å². The molecule has 2 aliphatic rings. The molecule has 6 heteroatoms. The van der Waals surface area contributed by atoms with Gasteiger partial charge in [-0.2, -0.15) is 4.31 Å². The highest BCUT2D eigenvalue weighted by atomic mass is 32.2. The number of hydrogen-bond acceptors (Lipinski definition) is 4. The van der Waals surface area contributed by atoms with Crippen LogP contribution in [0, 0.1) is 0 Å². The van der Waals surface area contributed by atoms with Crippen molar-refractivity contribution in [2.45, 2.75) is 48.9 Å². The van der Waals surface area contributed by atoms with Crippen LogP contribution in [-0.4, -0.2) is 44.1 Å². The predicted molar refractivity (Wildman–Crippen MR) is 107 cm³/mol. The average Bonchev–Trinajstić information content (AvgIpc) is 2.74. The molecule has 1 atom stereocenters. The molecule has 0 aromatic heterocycles. The lowest BCUT2D eigenvalue weighted by atomic mass is 9.84. The van der Waals surface area contributed by atoms with Crippen LogP contribution >= 0.6 is 0 Å². The number of sulfonamides is 1. The zero-order chi connectivity index (χ0) is 19.5. The van der Waals surface area contributed by atoms with Crippen LogP contribution in [0.5, 0.6) is 0 Å². The summed E-state index contributed by atoms with van der Waals surface area (Å²) in [4.78, 5) is 0.361. The highest BCUT2D eigenvalue weighted by Crippen LogP contribution is 2.37.